The van der Waals surface area contributed by atoms with Crippen molar-refractivity contribution in [3.05, 3.63) is 24.3 Å². The molecule has 0 spiro atoms. The van der Waals surface area contributed by atoms with Gasteiger partial charge in [-0.1, -0.05) is 13.8 Å². The first kappa shape index (κ1) is 16.5. The molecule has 0 aromatic heterocycles. The zero-order valence-corrected chi connectivity index (χ0v) is 13.4. The number of phenols is 1. The molecule has 0 saturated carbocycles. The number of hydrogen-bond donors (Lipinski definition) is 2. The van der Waals surface area contributed by atoms with Gasteiger partial charge >= 0.3 is 6.09 Å². The van der Waals surface area contributed by atoms with E-state index in [4.69, 9.17) is 5.11 Å². The van der Waals surface area contributed by atoms with Gasteiger partial charge in [0, 0.05) is 31.4 Å². The maximum absolute atomic E-state index is 11.0. The number of benzene rings is 1. The number of phenolic OH excluding ortho intramolecular Hbond substituents is 1. The van der Waals surface area contributed by atoms with Gasteiger partial charge in [-0.15, -0.1) is 0 Å². The molecule has 1 aliphatic heterocycles. The van der Waals surface area contributed by atoms with Crippen LogP contribution in [0.25, 0.3) is 0 Å². The van der Waals surface area contributed by atoms with Gasteiger partial charge in [0.05, 0.1) is 0 Å². The Balaban J connectivity index is 2.07. The summed E-state index contributed by atoms with van der Waals surface area (Å²) in [5, 5.41) is 18.5. The van der Waals surface area contributed by atoms with Crippen molar-refractivity contribution in [2.75, 3.05) is 24.5 Å². The van der Waals surface area contributed by atoms with Gasteiger partial charge in [0.15, 0.2) is 0 Å². The molecule has 22 heavy (non-hydrogen) atoms. The lowest BCUT2D eigenvalue weighted by molar-refractivity contribution is 0.131. The number of likely N-dealkylation sites (tertiary alicyclic amines) is 1. The van der Waals surface area contributed by atoms with Crippen LogP contribution in [-0.2, 0) is 0 Å². The van der Waals surface area contributed by atoms with E-state index in [-0.39, 0.29) is 5.75 Å². The van der Waals surface area contributed by atoms with E-state index in [1.165, 1.54) is 4.90 Å². The molecule has 1 amide bonds. The first-order valence-electron chi connectivity index (χ1n) is 8.01. The molecule has 1 aromatic rings. The molecular weight excluding hydrogens is 280 g/mol. The van der Waals surface area contributed by atoms with Crippen LogP contribution in [0, 0.1) is 5.92 Å². The molecule has 1 fully saturated rings. The Morgan fingerprint density at radius 2 is 1.86 bits per heavy atom. The van der Waals surface area contributed by atoms with Gasteiger partial charge in [-0.25, -0.2) is 4.79 Å². The highest BCUT2D eigenvalue weighted by Gasteiger charge is 2.26. The van der Waals surface area contributed by atoms with Gasteiger partial charge in [-0.05, 0) is 49.4 Å². The molecule has 0 radical (unpaired) electrons. The van der Waals surface area contributed by atoms with E-state index in [9.17, 15) is 9.90 Å². The Morgan fingerprint density at radius 3 is 2.36 bits per heavy atom. The lowest BCUT2D eigenvalue weighted by Crippen LogP contribution is -2.47. The summed E-state index contributed by atoms with van der Waals surface area (Å²) in [6.07, 6.45) is 1.98. The molecule has 0 aliphatic carbocycles. The first-order chi connectivity index (χ1) is 10.5. The average molecular weight is 306 g/mol. The first-order valence-corrected chi connectivity index (χ1v) is 8.01. The molecule has 122 valence electrons. The SMILES string of the molecule is CC(C)CCN(c1ccc(O)cc1)C1CCN(C(=O)O)CC1. The summed E-state index contributed by atoms with van der Waals surface area (Å²) in [4.78, 5) is 14.9. The molecule has 0 bridgehead atoms. The highest BCUT2D eigenvalue weighted by atomic mass is 16.4. The van der Waals surface area contributed by atoms with Crippen molar-refractivity contribution in [3.63, 3.8) is 0 Å². The number of aromatic hydroxyl groups is 1. The second-order valence-corrected chi connectivity index (χ2v) is 6.39. The molecule has 1 heterocycles. The zero-order chi connectivity index (χ0) is 16.1. The summed E-state index contributed by atoms with van der Waals surface area (Å²) < 4.78 is 0. The lowest BCUT2D eigenvalue weighted by Gasteiger charge is -2.39. The van der Waals surface area contributed by atoms with Gasteiger partial charge in [-0.2, -0.15) is 0 Å². The van der Waals surface area contributed by atoms with Crippen LogP contribution >= 0.6 is 0 Å². The number of hydrogen-bond acceptors (Lipinski definition) is 3. The van der Waals surface area contributed by atoms with Gasteiger partial charge < -0.3 is 20.0 Å². The molecule has 5 nitrogen and oxygen atoms in total. The number of nitrogens with zero attached hydrogens (tertiary/aromatic N) is 2. The quantitative estimate of drug-likeness (QED) is 0.875. The molecule has 2 N–H and O–H groups in total. The van der Waals surface area contributed by atoms with Crippen molar-refractivity contribution in [2.24, 2.45) is 5.92 Å². The molecule has 0 unspecified atom stereocenters. The maximum Gasteiger partial charge on any atom is 0.407 e. The summed E-state index contributed by atoms with van der Waals surface area (Å²) in [5.41, 5.74) is 1.10. The van der Waals surface area contributed by atoms with Crippen LogP contribution in [0.1, 0.15) is 33.1 Å². The van der Waals surface area contributed by atoms with E-state index >= 15 is 0 Å². The van der Waals surface area contributed by atoms with Gasteiger partial charge in [0.25, 0.3) is 0 Å². The van der Waals surface area contributed by atoms with Crippen molar-refractivity contribution >= 4 is 11.8 Å². The molecule has 0 atom stereocenters. The Kier molecular flexibility index (Phi) is 5.52. The highest BCUT2D eigenvalue weighted by molar-refractivity contribution is 5.65. The number of rotatable bonds is 5. The van der Waals surface area contributed by atoms with Crippen LogP contribution in [-0.4, -0.2) is 46.9 Å². The monoisotopic (exact) mass is 306 g/mol. The molecular formula is C17H26N2O3. The summed E-state index contributed by atoms with van der Waals surface area (Å²) in [6.45, 7) is 6.57. The fourth-order valence-corrected chi connectivity index (χ4v) is 2.93. The van der Waals surface area contributed by atoms with Crippen molar-refractivity contribution < 1.29 is 15.0 Å². The van der Waals surface area contributed by atoms with Crippen LogP contribution in [0.5, 0.6) is 5.75 Å². The Labute approximate surface area is 132 Å². The van der Waals surface area contributed by atoms with Crippen LogP contribution in [0.15, 0.2) is 24.3 Å². The Morgan fingerprint density at radius 1 is 1.27 bits per heavy atom. The minimum atomic E-state index is -0.822. The fraction of sp³-hybridized carbons (Fsp3) is 0.588. The Hall–Kier alpha value is -1.91. The summed E-state index contributed by atoms with van der Waals surface area (Å²) in [5.74, 6) is 0.895. The normalized spacial score (nSPS) is 16.0. The number of amides is 1. The highest BCUT2D eigenvalue weighted by Crippen LogP contribution is 2.26. The predicted molar refractivity (Wildman–Crippen MR) is 87.5 cm³/mol. The number of piperidine rings is 1. The third-order valence-corrected chi connectivity index (χ3v) is 4.30. The van der Waals surface area contributed by atoms with Crippen molar-refractivity contribution in [1.29, 1.82) is 0 Å². The van der Waals surface area contributed by atoms with Crippen LogP contribution in [0.4, 0.5) is 10.5 Å². The smallest absolute Gasteiger partial charge is 0.407 e. The van der Waals surface area contributed by atoms with Crippen LogP contribution in [0.3, 0.4) is 0 Å². The van der Waals surface area contributed by atoms with Crippen molar-refractivity contribution in [3.8, 4) is 5.75 Å². The second kappa shape index (κ2) is 7.38. The number of carbonyl (C=O) groups is 1. The summed E-state index contributed by atoms with van der Waals surface area (Å²) in [6, 6.07) is 7.67. The molecule has 1 aliphatic rings. The van der Waals surface area contributed by atoms with Crippen LogP contribution < -0.4 is 4.90 Å². The zero-order valence-electron chi connectivity index (χ0n) is 13.4. The summed E-state index contributed by atoms with van der Waals surface area (Å²) in [7, 11) is 0. The average Bonchev–Trinajstić information content (AvgIpc) is 2.49. The molecule has 5 heteroatoms. The minimum Gasteiger partial charge on any atom is -0.508 e. The van der Waals surface area contributed by atoms with E-state index < -0.39 is 6.09 Å². The van der Waals surface area contributed by atoms with Gasteiger partial charge in [-0.3, -0.25) is 0 Å². The number of carboxylic acid groups (broad SMARTS) is 1. The van der Waals surface area contributed by atoms with E-state index in [1.54, 1.807) is 12.1 Å². The predicted octanol–water partition coefficient (Wildman–Crippen LogP) is 3.39. The van der Waals surface area contributed by atoms with E-state index in [0.29, 0.717) is 25.0 Å². The minimum absolute atomic E-state index is 0.272. The number of anilines is 1. The van der Waals surface area contributed by atoms with E-state index in [0.717, 1.165) is 31.5 Å². The van der Waals surface area contributed by atoms with Crippen molar-refractivity contribution in [2.45, 2.75) is 39.2 Å². The second-order valence-electron chi connectivity index (χ2n) is 6.39. The topological polar surface area (TPSA) is 64.0 Å². The Bertz CT molecular complexity index is 479. The van der Waals surface area contributed by atoms with E-state index in [1.807, 2.05) is 12.1 Å². The molecule has 2 rings (SSSR count). The standard InChI is InChI=1S/C17H26N2O3/c1-13(2)7-12-19(14-3-5-16(20)6-4-14)15-8-10-18(11-9-15)17(21)22/h3-6,13,15,20H,7-12H2,1-2H3,(H,21,22). The maximum atomic E-state index is 11.0. The van der Waals surface area contributed by atoms with Gasteiger partial charge in [0.2, 0.25) is 0 Å². The fourth-order valence-electron chi connectivity index (χ4n) is 2.93. The molecule has 1 saturated heterocycles. The van der Waals surface area contributed by atoms with Crippen molar-refractivity contribution in [1.82, 2.24) is 4.90 Å². The third-order valence-electron chi connectivity index (χ3n) is 4.30. The third kappa shape index (κ3) is 4.29. The van der Waals surface area contributed by atoms with E-state index in [2.05, 4.69) is 18.7 Å². The van der Waals surface area contributed by atoms with Gasteiger partial charge in [0.1, 0.15) is 5.75 Å². The largest absolute Gasteiger partial charge is 0.508 e. The van der Waals surface area contributed by atoms with Crippen LogP contribution in [0.2, 0.25) is 0 Å². The summed E-state index contributed by atoms with van der Waals surface area (Å²) >= 11 is 0. The molecule has 1 aromatic carbocycles. The lowest BCUT2D eigenvalue weighted by atomic mass is 10.0.